The molecule has 0 spiro atoms. The molecule has 0 aromatic heterocycles. The molecule has 1 aliphatic carbocycles. The molecule has 1 N–H and O–H groups in total. The molecule has 1 amide bonds. The Kier molecular flexibility index (Phi) is 6.01. The summed E-state index contributed by atoms with van der Waals surface area (Å²) < 4.78 is 27.2. The average molecular weight is 478 g/mol. The standard InChI is InChI=1S/C22H21Cl2N3O3S/c23-17-3-6-19(24)20(13-17)31(29,30)27-11-7-15(8-12-27)21(28)26-18-4-1-16(2-5-18)22(14-25)9-10-22/h1-6,13,15H,7-12H2,(H,26,28). The van der Waals surface area contributed by atoms with E-state index in [1.165, 1.54) is 22.5 Å². The number of carbonyl (C=O) groups is 1. The molecule has 0 atom stereocenters. The second-order valence-electron chi connectivity index (χ2n) is 8.01. The lowest BCUT2D eigenvalue weighted by molar-refractivity contribution is -0.120. The number of anilines is 1. The number of hydrogen-bond donors (Lipinski definition) is 1. The molecule has 162 valence electrons. The fraction of sp³-hybridized carbons (Fsp3) is 0.364. The molecular formula is C22H21Cl2N3O3S. The molecular weight excluding hydrogens is 457 g/mol. The molecule has 2 aromatic carbocycles. The Morgan fingerprint density at radius 1 is 1.10 bits per heavy atom. The van der Waals surface area contributed by atoms with E-state index in [0.717, 1.165) is 18.4 Å². The lowest BCUT2D eigenvalue weighted by Gasteiger charge is -2.30. The van der Waals surface area contributed by atoms with Crippen LogP contribution in [0.15, 0.2) is 47.4 Å². The molecule has 2 aromatic rings. The van der Waals surface area contributed by atoms with Crippen molar-refractivity contribution in [2.75, 3.05) is 18.4 Å². The molecule has 9 heteroatoms. The van der Waals surface area contributed by atoms with Crippen molar-refractivity contribution in [1.82, 2.24) is 4.31 Å². The number of piperidine rings is 1. The predicted molar refractivity (Wildman–Crippen MR) is 120 cm³/mol. The highest BCUT2D eigenvalue weighted by Gasteiger charge is 2.44. The molecule has 0 radical (unpaired) electrons. The van der Waals surface area contributed by atoms with Crippen LogP contribution >= 0.6 is 23.2 Å². The Morgan fingerprint density at radius 3 is 2.32 bits per heavy atom. The largest absolute Gasteiger partial charge is 0.326 e. The van der Waals surface area contributed by atoms with E-state index >= 15 is 0 Å². The van der Waals surface area contributed by atoms with Gasteiger partial charge in [-0.15, -0.1) is 0 Å². The van der Waals surface area contributed by atoms with Gasteiger partial charge in [-0.1, -0.05) is 35.3 Å². The van der Waals surface area contributed by atoms with Gasteiger partial charge >= 0.3 is 0 Å². The van der Waals surface area contributed by atoms with Crippen molar-refractivity contribution < 1.29 is 13.2 Å². The first kappa shape index (κ1) is 22.1. The summed E-state index contributed by atoms with van der Waals surface area (Å²) in [5, 5.41) is 12.6. The molecule has 0 bridgehead atoms. The fourth-order valence-corrected chi connectivity index (χ4v) is 6.09. The van der Waals surface area contributed by atoms with Gasteiger partial charge in [0.15, 0.2) is 0 Å². The highest BCUT2D eigenvalue weighted by molar-refractivity contribution is 7.89. The van der Waals surface area contributed by atoms with Crippen LogP contribution in [0, 0.1) is 17.2 Å². The summed E-state index contributed by atoms with van der Waals surface area (Å²) in [6.45, 7) is 0.458. The number of sulfonamides is 1. The first-order valence-corrected chi connectivity index (χ1v) is 12.2. The number of halogens is 2. The molecule has 2 fully saturated rings. The van der Waals surface area contributed by atoms with E-state index in [1.807, 2.05) is 24.3 Å². The van der Waals surface area contributed by atoms with Gasteiger partial charge in [0.05, 0.1) is 16.5 Å². The Bertz CT molecular complexity index is 1150. The van der Waals surface area contributed by atoms with Gasteiger partial charge in [-0.05, 0) is 61.6 Å². The van der Waals surface area contributed by atoms with E-state index in [-0.39, 0.29) is 40.2 Å². The number of amides is 1. The number of carbonyl (C=O) groups excluding carboxylic acids is 1. The third-order valence-corrected chi connectivity index (χ3v) is 8.62. The van der Waals surface area contributed by atoms with Crippen LogP contribution in [0.4, 0.5) is 5.69 Å². The number of hydrogen-bond acceptors (Lipinski definition) is 4. The first-order chi connectivity index (χ1) is 14.7. The quantitative estimate of drug-likeness (QED) is 0.681. The zero-order chi connectivity index (χ0) is 22.2. The van der Waals surface area contributed by atoms with Gasteiger partial charge in [-0.2, -0.15) is 9.57 Å². The zero-order valence-corrected chi connectivity index (χ0v) is 19.0. The highest BCUT2D eigenvalue weighted by Crippen LogP contribution is 2.47. The zero-order valence-electron chi connectivity index (χ0n) is 16.6. The summed E-state index contributed by atoms with van der Waals surface area (Å²) in [5.41, 5.74) is 1.29. The van der Waals surface area contributed by atoms with Crippen LogP contribution in [-0.2, 0) is 20.2 Å². The molecule has 1 heterocycles. The molecule has 1 saturated carbocycles. The minimum atomic E-state index is -3.78. The summed E-state index contributed by atoms with van der Waals surface area (Å²) in [6, 6.07) is 14.1. The number of rotatable bonds is 5. The van der Waals surface area contributed by atoms with Crippen molar-refractivity contribution in [1.29, 1.82) is 5.26 Å². The van der Waals surface area contributed by atoms with Crippen LogP contribution in [0.1, 0.15) is 31.2 Å². The van der Waals surface area contributed by atoms with Gasteiger partial charge < -0.3 is 5.32 Å². The van der Waals surface area contributed by atoms with Crippen molar-refractivity contribution in [3.63, 3.8) is 0 Å². The van der Waals surface area contributed by atoms with Crippen molar-refractivity contribution in [2.24, 2.45) is 5.92 Å². The van der Waals surface area contributed by atoms with Crippen molar-refractivity contribution in [3.05, 3.63) is 58.1 Å². The number of nitriles is 1. The third kappa shape index (κ3) is 4.44. The Hall–Kier alpha value is -2.11. The maximum atomic E-state index is 12.9. The summed E-state index contributed by atoms with van der Waals surface area (Å²) in [7, 11) is -3.78. The Balaban J connectivity index is 1.37. The molecule has 4 rings (SSSR count). The molecule has 1 aliphatic heterocycles. The monoisotopic (exact) mass is 477 g/mol. The molecule has 0 unspecified atom stereocenters. The van der Waals surface area contributed by atoms with Crippen LogP contribution < -0.4 is 5.32 Å². The van der Waals surface area contributed by atoms with E-state index < -0.39 is 10.0 Å². The van der Waals surface area contributed by atoms with Gasteiger partial charge in [0, 0.05) is 29.7 Å². The Labute approximate surface area is 191 Å². The van der Waals surface area contributed by atoms with Gasteiger partial charge in [-0.3, -0.25) is 4.79 Å². The SMILES string of the molecule is N#CC1(c2ccc(NC(=O)C3CCN(S(=O)(=O)c4cc(Cl)ccc4Cl)CC3)cc2)CC1. The third-order valence-electron chi connectivity index (χ3n) is 6.00. The first-order valence-electron chi connectivity index (χ1n) is 10.0. The summed E-state index contributed by atoms with van der Waals surface area (Å²) in [4.78, 5) is 12.7. The van der Waals surface area contributed by atoms with Crippen molar-refractivity contribution >= 4 is 44.8 Å². The normalized spacial score (nSPS) is 18.9. The summed E-state index contributed by atoms with van der Waals surface area (Å²) in [5.74, 6) is -0.415. The van der Waals surface area contributed by atoms with Crippen LogP contribution in [0.5, 0.6) is 0 Å². The van der Waals surface area contributed by atoms with E-state index in [9.17, 15) is 18.5 Å². The van der Waals surface area contributed by atoms with E-state index in [1.54, 1.807) is 0 Å². The second kappa shape index (κ2) is 8.44. The van der Waals surface area contributed by atoms with E-state index in [4.69, 9.17) is 23.2 Å². The minimum Gasteiger partial charge on any atom is -0.326 e. The number of nitrogens with zero attached hydrogens (tertiary/aromatic N) is 2. The van der Waals surface area contributed by atoms with Crippen LogP contribution in [0.3, 0.4) is 0 Å². The average Bonchev–Trinajstić information content (AvgIpc) is 3.57. The molecule has 6 nitrogen and oxygen atoms in total. The highest BCUT2D eigenvalue weighted by atomic mass is 35.5. The van der Waals surface area contributed by atoms with Crippen molar-refractivity contribution in [2.45, 2.75) is 36.0 Å². The fourth-order valence-electron chi connectivity index (χ4n) is 3.88. The number of benzene rings is 2. The number of nitrogens with one attached hydrogen (secondary N) is 1. The molecule has 2 aliphatic rings. The van der Waals surface area contributed by atoms with E-state index in [2.05, 4.69) is 11.4 Å². The van der Waals surface area contributed by atoms with Crippen LogP contribution in [0.25, 0.3) is 0 Å². The van der Waals surface area contributed by atoms with Crippen LogP contribution in [0.2, 0.25) is 10.0 Å². The summed E-state index contributed by atoms with van der Waals surface area (Å²) >= 11 is 12.0. The van der Waals surface area contributed by atoms with Gasteiger partial charge in [0.25, 0.3) is 0 Å². The maximum absolute atomic E-state index is 12.9. The van der Waals surface area contributed by atoms with Crippen molar-refractivity contribution in [3.8, 4) is 6.07 Å². The Morgan fingerprint density at radius 2 is 1.74 bits per heavy atom. The van der Waals surface area contributed by atoms with Gasteiger partial charge in [-0.25, -0.2) is 8.42 Å². The lowest BCUT2D eigenvalue weighted by atomic mass is 9.96. The summed E-state index contributed by atoms with van der Waals surface area (Å²) in [6.07, 6.45) is 2.58. The predicted octanol–water partition coefficient (Wildman–Crippen LogP) is 4.59. The minimum absolute atomic E-state index is 0.0181. The second-order valence-corrected chi connectivity index (χ2v) is 10.8. The molecule has 31 heavy (non-hydrogen) atoms. The van der Waals surface area contributed by atoms with Crippen LogP contribution in [-0.4, -0.2) is 31.7 Å². The van der Waals surface area contributed by atoms with Gasteiger partial charge in [0.1, 0.15) is 4.90 Å². The van der Waals surface area contributed by atoms with E-state index in [0.29, 0.717) is 23.6 Å². The molecule has 1 saturated heterocycles. The lowest BCUT2D eigenvalue weighted by Crippen LogP contribution is -2.41. The topological polar surface area (TPSA) is 90.3 Å². The maximum Gasteiger partial charge on any atom is 0.244 e. The smallest absolute Gasteiger partial charge is 0.244 e. The van der Waals surface area contributed by atoms with Gasteiger partial charge in [0.2, 0.25) is 15.9 Å².